The molecule has 1 rings (SSSR count). The first-order valence-electron chi connectivity index (χ1n) is 10.5. The van der Waals surface area contributed by atoms with E-state index in [9.17, 15) is 9.90 Å². The number of amides is 1. The van der Waals surface area contributed by atoms with Gasteiger partial charge in [-0.2, -0.15) is 0 Å². The van der Waals surface area contributed by atoms with E-state index in [2.05, 4.69) is 26.1 Å². The van der Waals surface area contributed by atoms with Gasteiger partial charge in [-0.05, 0) is 19.3 Å². The van der Waals surface area contributed by atoms with Crippen LogP contribution in [0.3, 0.4) is 0 Å². The minimum Gasteiger partial charge on any atom is -0.388 e. The predicted octanol–water partition coefficient (Wildman–Crippen LogP) is 2.40. The fourth-order valence-electron chi connectivity index (χ4n) is 2.94. The van der Waals surface area contributed by atoms with Crippen molar-refractivity contribution in [3.63, 3.8) is 0 Å². The Labute approximate surface area is 164 Å². The van der Waals surface area contributed by atoms with Crippen molar-refractivity contribution in [1.82, 2.24) is 5.32 Å². The molecule has 0 aromatic rings. The third-order valence-electron chi connectivity index (χ3n) is 4.56. The summed E-state index contributed by atoms with van der Waals surface area (Å²) in [5.74, 6) is -0.207. The molecule has 1 amide bonds. The van der Waals surface area contributed by atoms with Gasteiger partial charge in [-0.3, -0.25) is 4.79 Å². The summed E-state index contributed by atoms with van der Waals surface area (Å²) >= 11 is 0. The van der Waals surface area contributed by atoms with Crippen LogP contribution in [-0.2, 0) is 23.7 Å². The number of ether oxygens (including phenoxy) is 4. The highest BCUT2D eigenvalue weighted by atomic mass is 16.7. The van der Waals surface area contributed by atoms with Gasteiger partial charge in [0.2, 0.25) is 5.91 Å². The molecule has 0 radical (unpaired) electrons. The van der Waals surface area contributed by atoms with Crippen LogP contribution in [0.1, 0.15) is 66.2 Å². The molecule has 160 valence electrons. The highest BCUT2D eigenvalue weighted by molar-refractivity contribution is 5.73. The molecule has 27 heavy (non-hydrogen) atoms. The number of hydrogen-bond donors (Lipinski definition) is 2. The smallest absolute Gasteiger partial charge is 0.217 e. The van der Waals surface area contributed by atoms with E-state index < -0.39 is 30.6 Å². The van der Waals surface area contributed by atoms with E-state index in [-0.39, 0.29) is 12.5 Å². The van der Waals surface area contributed by atoms with Crippen molar-refractivity contribution in [2.45, 2.75) is 96.9 Å². The zero-order chi connectivity index (χ0) is 20.1. The third-order valence-corrected chi connectivity index (χ3v) is 4.56. The molecule has 5 atom stereocenters. The molecule has 1 aliphatic rings. The van der Waals surface area contributed by atoms with Gasteiger partial charge in [0.05, 0.1) is 6.61 Å². The molecule has 7 nitrogen and oxygen atoms in total. The molecule has 0 saturated carbocycles. The SMILES string of the molecule is CCCCOCC1O[C@@H](OCCCC)[C@@H](NC(C)=O)C(OCCCC)[C@@H]1O. The first kappa shape index (κ1) is 24.3. The Kier molecular flexibility index (Phi) is 12.9. The second-order valence-electron chi connectivity index (χ2n) is 7.10. The fourth-order valence-corrected chi connectivity index (χ4v) is 2.94. The summed E-state index contributed by atoms with van der Waals surface area (Å²) < 4.78 is 23.5. The van der Waals surface area contributed by atoms with Gasteiger partial charge in [0, 0.05) is 26.7 Å². The fraction of sp³-hybridized carbons (Fsp3) is 0.950. The molecule has 1 heterocycles. The second-order valence-corrected chi connectivity index (χ2v) is 7.10. The van der Waals surface area contributed by atoms with Gasteiger partial charge in [0.15, 0.2) is 6.29 Å². The van der Waals surface area contributed by atoms with Crippen LogP contribution in [0, 0.1) is 0 Å². The van der Waals surface area contributed by atoms with Crippen molar-refractivity contribution in [2.24, 2.45) is 0 Å². The van der Waals surface area contributed by atoms with Gasteiger partial charge in [0.1, 0.15) is 24.4 Å². The van der Waals surface area contributed by atoms with Crippen LogP contribution < -0.4 is 5.32 Å². The number of hydrogen-bond acceptors (Lipinski definition) is 6. The minimum absolute atomic E-state index is 0.207. The summed E-state index contributed by atoms with van der Waals surface area (Å²) in [6.45, 7) is 9.65. The van der Waals surface area contributed by atoms with Crippen LogP contribution in [0.15, 0.2) is 0 Å². The van der Waals surface area contributed by atoms with Crippen molar-refractivity contribution in [1.29, 1.82) is 0 Å². The summed E-state index contributed by atoms with van der Waals surface area (Å²) in [5.41, 5.74) is 0. The van der Waals surface area contributed by atoms with Crippen molar-refractivity contribution in [3.05, 3.63) is 0 Å². The third kappa shape index (κ3) is 8.87. The van der Waals surface area contributed by atoms with E-state index in [0.717, 1.165) is 38.5 Å². The number of rotatable bonds is 14. The molecule has 1 saturated heterocycles. The number of aliphatic hydroxyl groups is 1. The Morgan fingerprint density at radius 2 is 1.59 bits per heavy atom. The lowest BCUT2D eigenvalue weighted by Gasteiger charge is -2.44. The topological polar surface area (TPSA) is 86.2 Å². The van der Waals surface area contributed by atoms with Crippen molar-refractivity contribution >= 4 is 5.91 Å². The maximum atomic E-state index is 11.7. The van der Waals surface area contributed by atoms with E-state index in [1.807, 2.05) is 0 Å². The summed E-state index contributed by atoms with van der Waals surface area (Å²) in [7, 11) is 0. The Balaban J connectivity index is 2.84. The lowest BCUT2D eigenvalue weighted by molar-refractivity contribution is -0.279. The number of nitrogens with one attached hydrogen (secondary N) is 1. The van der Waals surface area contributed by atoms with Crippen molar-refractivity contribution < 1.29 is 28.8 Å². The average Bonchev–Trinajstić information content (AvgIpc) is 2.63. The van der Waals surface area contributed by atoms with Gasteiger partial charge in [-0.1, -0.05) is 40.0 Å². The lowest BCUT2D eigenvalue weighted by Crippen LogP contribution is -2.65. The van der Waals surface area contributed by atoms with Gasteiger partial charge in [-0.25, -0.2) is 0 Å². The molecule has 0 spiro atoms. The quantitative estimate of drug-likeness (QED) is 0.444. The van der Waals surface area contributed by atoms with Gasteiger partial charge in [-0.15, -0.1) is 0 Å². The number of carbonyl (C=O) groups excluding carboxylic acids is 1. The zero-order valence-corrected chi connectivity index (χ0v) is 17.4. The summed E-state index contributed by atoms with van der Waals surface area (Å²) in [6.07, 6.45) is 3.07. The van der Waals surface area contributed by atoms with E-state index in [4.69, 9.17) is 18.9 Å². The number of carbonyl (C=O) groups is 1. The Morgan fingerprint density at radius 1 is 1.00 bits per heavy atom. The lowest BCUT2D eigenvalue weighted by atomic mass is 9.96. The van der Waals surface area contributed by atoms with E-state index in [1.54, 1.807) is 0 Å². The number of aliphatic hydroxyl groups excluding tert-OH is 1. The monoisotopic (exact) mass is 389 g/mol. The first-order valence-corrected chi connectivity index (χ1v) is 10.5. The Morgan fingerprint density at radius 3 is 2.19 bits per heavy atom. The standard InChI is InChI=1S/C20H39NO6/c1-5-8-11-24-14-16-18(23)19(25-12-9-6-2)17(21-15(4)22)20(27-16)26-13-10-7-3/h16-20,23H,5-14H2,1-4H3,(H,21,22)/t16?,17-,18+,19?,20+/m0/s1. The normalized spacial score (nSPS) is 28.3. The van der Waals surface area contributed by atoms with Crippen LogP contribution >= 0.6 is 0 Å². The molecular formula is C20H39NO6. The first-order chi connectivity index (χ1) is 13.0. The van der Waals surface area contributed by atoms with Crippen LogP contribution in [0.5, 0.6) is 0 Å². The summed E-state index contributed by atoms with van der Waals surface area (Å²) in [6, 6.07) is -0.557. The molecule has 0 aromatic heterocycles. The van der Waals surface area contributed by atoms with Crippen molar-refractivity contribution in [2.75, 3.05) is 26.4 Å². The molecule has 0 aliphatic carbocycles. The maximum absolute atomic E-state index is 11.7. The van der Waals surface area contributed by atoms with Crippen LogP contribution in [-0.4, -0.2) is 68.1 Å². The zero-order valence-electron chi connectivity index (χ0n) is 17.4. The molecule has 2 N–H and O–H groups in total. The van der Waals surface area contributed by atoms with Crippen LogP contribution in [0.2, 0.25) is 0 Å². The van der Waals surface area contributed by atoms with E-state index >= 15 is 0 Å². The second kappa shape index (κ2) is 14.3. The van der Waals surface area contributed by atoms with Crippen LogP contribution in [0.25, 0.3) is 0 Å². The molecule has 7 heteroatoms. The molecular weight excluding hydrogens is 350 g/mol. The molecule has 0 bridgehead atoms. The molecule has 1 fully saturated rings. The van der Waals surface area contributed by atoms with Gasteiger partial charge < -0.3 is 29.4 Å². The molecule has 1 aliphatic heterocycles. The Hall–Kier alpha value is -0.730. The Bertz CT molecular complexity index is 395. The summed E-state index contributed by atoms with van der Waals surface area (Å²) in [4.78, 5) is 11.7. The predicted molar refractivity (Wildman–Crippen MR) is 104 cm³/mol. The van der Waals surface area contributed by atoms with E-state index in [1.165, 1.54) is 6.92 Å². The number of unbranched alkanes of at least 4 members (excludes halogenated alkanes) is 3. The summed E-state index contributed by atoms with van der Waals surface area (Å²) in [5, 5.41) is 13.7. The average molecular weight is 390 g/mol. The largest absolute Gasteiger partial charge is 0.388 e. The van der Waals surface area contributed by atoms with Gasteiger partial charge >= 0.3 is 0 Å². The molecule has 2 unspecified atom stereocenters. The van der Waals surface area contributed by atoms with E-state index in [0.29, 0.717) is 19.8 Å². The van der Waals surface area contributed by atoms with Gasteiger partial charge in [0.25, 0.3) is 0 Å². The minimum atomic E-state index is -0.897. The maximum Gasteiger partial charge on any atom is 0.217 e. The molecule has 0 aromatic carbocycles. The highest BCUT2D eigenvalue weighted by Gasteiger charge is 2.47. The van der Waals surface area contributed by atoms with Crippen LogP contribution in [0.4, 0.5) is 0 Å². The van der Waals surface area contributed by atoms with Crippen molar-refractivity contribution in [3.8, 4) is 0 Å². The highest BCUT2D eigenvalue weighted by Crippen LogP contribution is 2.25.